The number of terminal acetylenes is 1. The van der Waals surface area contributed by atoms with Gasteiger partial charge in [0.2, 0.25) is 10.0 Å². The van der Waals surface area contributed by atoms with E-state index in [1.807, 2.05) is 24.3 Å². The Morgan fingerprint density at radius 3 is 2.88 bits per heavy atom. The first-order chi connectivity index (χ1) is 12.4. The van der Waals surface area contributed by atoms with Gasteiger partial charge in [0.15, 0.2) is 0 Å². The molecule has 1 atom stereocenters. The number of nitrogens with one attached hydrogen (secondary N) is 1. The molecule has 0 saturated heterocycles. The fourth-order valence-electron chi connectivity index (χ4n) is 2.99. The molecule has 5 nitrogen and oxygen atoms in total. The van der Waals surface area contributed by atoms with Crippen molar-refractivity contribution in [3.63, 3.8) is 0 Å². The van der Waals surface area contributed by atoms with Crippen LogP contribution in [0, 0.1) is 12.3 Å². The summed E-state index contributed by atoms with van der Waals surface area (Å²) in [6.45, 7) is 3.93. The number of fused-ring (bicyclic) bond motifs is 3. The van der Waals surface area contributed by atoms with Crippen LogP contribution in [0.5, 0.6) is 11.5 Å². The van der Waals surface area contributed by atoms with E-state index in [1.54, 1.807) is 18.2 Å². The predicted molar refractivity (Wildman–Crippen MR) is 103 cm³/mol. The molecule has 1 aliphatic rings. The fourth-order valence-corrected chi connectivity index (χ4v) is 3.55. The summed E-state index contributed by atoms with van der Waals surface area (Å²) in [6.07, 6.45) is 8.52. The van der Waals surface area contributed by atoms with Gasteiger partial charge in [-0.15, -0.1) is 13.0 Å². The normalized spacial score (nSPS) is 15.0. The van der Waals surface area contributed by atoms with Crippen LogP contribution in [-0.2, 0) is 10.0 Å². The molecule has 0 radical (unpaired) electrons. The van der Waals surface area contributed by atoms with Crippen LogP contribution in [0.4, 0.5) is 5.69 Å². The van der Waals surface area contributed by atoms with Crippen molar-refractivity contribution in [1.29, 1.82) is 0 Å². The third kappa shape index (κ3) is 3.68. The zero-order valence-corrected chi connectivity index (χ0v) is 15.2. The lowest BCUT2D eigenvalue weighted by Crippen LogP contribution is -2.16. The van der Waals surface area contributed by atoms with Crippen molar-refractivity contribution in [2.24, 2.45) is 0 Å². The van der Waals surface area contributed by atoms with Crippen molar-refractivity contribution in [3.05, 3.63) is 54.6 Å². The molecule has 1 unspecified atom stereocenters. The molecule has 2 aromatic rings. The number of hydrogen-bond donors (Lipinski definition) is 1. The number of benzene rings is 2. The lowest BCUT2D eigenvalue weighted by Gasteiger charge is -2.30. The molecule has 134 valence electrons. The van der Waals surface area contributed by atoms with Crippen molar-refractivity contribution in [2.75, 3.05) is 17.6 Å². The second-order valence-corrected chi connectivity index (χ2v) is 7.68. The van der Waals surface area contributed by atoms with E-state index < -0.39 is 10.0 Å². The van der Waals surface area contributed by atoms with Crippen LogP contribution in [0.15, 0.2) is 49.1 Å². The molecule has 0 saturated carbocycles. The molecule has 0 spiro atoms. The molecule has 0 aromatic heterocycles. The van der Waals surface area contributed by atoms with E-state index in [0.29, 0.717) is 23.6 Å². The summed E-state index contributed by atoms with van der Waals surface area (Å²) in [5.41, 5.74) is 3.07. The second kappa shape index (κ2) is 7.14. The van der Waals surface area contributed by atoms with Gasteiger partial charge in [-0.05, 0) is 29.8 Å². The Kier molecular flexibility index (Phi) is 4.92. The number of sulfonamides is 1. The molecule has 1 aliphatic heterocycles. The highest BCUT2D eigenvalue weighted by Gasteiger charge is 2.28. The predicted octanol–water partition coefficient (Wildman–Crippen LogP) is 3.75. The van der Waals surface area contributed by atoms with Gasteiger partial charge < -0.3 is 9.47 Å². The first-order valence-electron chi connectivity index (χ1n) is 8.02. The van der Waals surface area contributed by atoms with Gasteiger partial charge in [0, 0.05) is 17.7 Å². The first-order valence-corrected chi connectivity index (χ1v) is 9.91. The Bertz CT molecular complexity index is 989. The van der Waals surface area contributed by atoms with Gasteiger partial charge in [0.25, 0.3) is 0 Å². The second-order valence-electron chi connectivity index (χ2n) is 5.93. The Morgan fingerprint density at radius 1 is 1.38 bits per heavy atom. The van der Waals surface area contributed by atoms with Crippen molar-refractivity contribution in [2.45, 2.75) is 12.5 Å². The zero-order chi connectivity index (χ0) is 18.7. The molecule has 2 aromatic carbocycles. The van der Waals surface area contributed by atoms with Crippen LogP contribution < -0.4 is 14.2 Å². The van der Waals surface area contributed by atoms with Crippen LogP contribution in [0.25, 0.3) is 11.1 Å². The van der Waals surface area contributed by atoms with E-state index in [9.17, 15) is 8.42 Å². The summed E-state index contributed by atoms with van der Waals surface area (Å²) in [6, 6.07) is 10.9. The molecule has 0 aliphatic carbocycles. The van der Waals surface area contributed by atoms with Gasteiger partial charge >= 0.3 is 0 Å². The van der Waals surface area contributed by atoms with Gasteiger partial charge in [-0.3, -0.25) is 4.72 Å². The summed E-state index contributed by atoms with van der Waals surface area (Å²) in [5, 5.41) is 0. The van der Waals surface area contributed by atoms with Gasteiger partial charge in [-0.1, -0.05) is 24.1 Å². The van der Waals surface area contributed by atoms with Gasteiger partial charge in [0.05, 0.1) is 11.8 Å². The third-order valence-electron chi connectivity index (χ3n) is 3.92. The summed E-state index contributed by atoms with van der Waals surface area (Å²) in [7, 11) is -3.37. The molecule has 6 heteroatoms. The van der Waals surface area contributed by atoms with Crippen molar-refractivity contribution < 1.29 is 17.9 Å². The minimum atomic E-state index is -3.37. The van der Waals surface area contributed by atoms with E-state index in [2.05, 4.69) is 17.2 Å². The molecular weight excluding hydrogens is 350 g/mol. The number of anilines is 1. The van der Waals surface area contributed by atoms with Gasteiger partial charge in [0.1, 0.15) is 24.2 Å². The lowest BCUT2D eigenvalue weighted by atomic mass is 9.90. The van der Waals surface area contributed by atoms with E-state index in [4.69, 9.17) is 15.9 Å². The van der Waals surface area contributed by atoms with Crippen LogP contribution in [0.1, 0.15) is 18.1 Å². The maximum atomic E-state index is 11.5. The van der Waals surface area contributed by atoms with Crippen LogP contribution in [-0.4, -0.2) is 21.3 Å². The molecule has 1 N–H and O–H groups in total. The van der Waals surface area contributed by atoms with Crippen LogP contribution in [0.3, 0.4) is 0 Å². The quantitative estimate of drug-likeness (QED) is 0.622. The number of ether oxygens (including phenoxy) is 2. The maximum absolute atomic E-state index is 11.5. The fraction of sp³-hybridized carbons (Fsp3) is 0.200. The highest BCUT2D eigenvalue weighted by molar-refractivity contribution is 7.92. The van der Waals surface area contributed by atoms with E-state index in [1.165, 1.54) is 0 Å². The minimum Gasteiger partial charge on any atom is -0.485 e. The van der Waals surface area contributed by atoms with Crippen LogP contribution >= 0.6 is 0 Å². The largest absolute Gasteiger partial charge is 0.485 e. The molecule has 1 heterocycles. The van der Waals surface area contributed by atoms with Gasteiger partial charge in [-0.25, -0.2) is 8.42 Å². The Labute approximate surface area is 153 Å². The summed E-state index contributed by atoms with van der Waals surface area (Å²) in [4.78, 5) is 0. The third-order valence-corrected chi connectivity index (χ3v) is 4.53. The molecule has 0 fully saturated rings. The van der Waals surface area contributed by atoms with Crippen molar-refractivity contribution in [1.82, 2.24) is 0 Å². The lowest BCUT2D eigenvalue weighted by molar-refractivity contribution is 0.204. The standard InChI is InChI=1S/C20H19NO4S/c1-4-7-17-16-13-14(21-26(3,22)23)10-11-15(16)20-18(24-12-5-2)8-6-9-19(20)25-17/h2,4,6,8-11,13,17,21H,1,7,12H2,3H3. The summed E-state index contributed by atoms with van der Waals surface area (Å²) in [5.74, 6) is 3.78. The topological polar surface area (TPSA) is 64.6 Å². The molecule has 0 bridgehead atoms. The molecular formula is C20H19NO4S. The number of rotatable bonds is 6. The van der Waals surface area contributed by atoms with E-state index >= 15 is 0 Å². The summed E-state index contributed by atoms with van der Waals surface area (Å²) >= 11 is 0. The molecule has 26 heavy (non-hydrogen) atoms. The van der Waals surface area contributed by atoms with Gasteiger partial charge in [-0.2, -0.15) is 0 Å². The smallest absolute Gasteiger partial charge is 0.229 e. The van der Waals surface area contributed by atoms with E-state index in [0.717, 1.165) is 22.9 Å². The average Bonchev–Trinajstić information content (AvgIpc) is 2.58. The monoisotopic (exact) mass is 369 g/mol. The van der Waals surface area contributed by atoms with Crippen LogP contribution in [0.2, 0.25) is 0 Å². The Hall–Kier alpha value is -2.91. The summed E-state index contributed by atoms with van der Waals surface area (Å²) < 4.78 is 37.4. The maximum Gasteiger partial charge on any atom is 0.229 e. The number of hydrogen-bond acceptors (Lipinski definition) is 4. The Balaban J connectivity index is 2.14. The molecule has 0 amide bonds. The average molecular weight is 369 g/mol. The van der Waals surface area contributed by atoms with Crippen molar-refractivity contribution >= 4 is 15.7 Å². The SMILES string of the molecule is C#CCOc1cccc2c1-c1ccc(NS(C)(=O)=O)cc1C(CC=C)O2. The van der Waals surface area contributed by atoms with Crippen molar-refractivity contribution in [3.8, 4) is 35.0 Å². The minimum absolute atomic E-state index is 0.148. The van der Waals surface area contributed by atoms with E-state index in [-0.39, 0.29) is 12.7 Å². The highest BCUT2D eigenvalue weighted by Crippen LogP contribution is 2.48. The first kappa shape index (κ1) is 17.9. The Morgan fingerprint density at radius 2 is 2.19 bits per heavy atom. The highest BCUT2D eigenvalue weighted by atomic mass is 32.2. The zero-order valence-electron chi connectivity index (χ0n) is 14.4. The molecule has 3 rings (SSSR count).